The Morgan fingerprint density at radius 1 is 1.19 bits per heavy atom. The zero-order valence-corrected chi connectivity index (χ0v) is 24.7. The lowest BCUT2D eigenvalue weighted by atomic mass is 10.1. The summed E-state index contributed by atoms with van der Waals surface area (Å²) < 4.78 is 21.7. The molecule has 1 amide bonds. The van der Waals surface area contributed by atoms with Crippen LogP contribution in [0, 0.1) is 17.1 Å². The molecule has 0 aliphatic carbocycles. The number of anilines is 4. The summed E-state index contributed by atoms with van der Waals surface area (Å²) in [6, 6.07) is 10.3. The number of benzene rings is 2. The van der Waals surface area contributed by atoms with Gasteiger partial charge in [-0.15, -0.1) is 0 Å². The van der Waals surface area contributed by atoms with Crippen LogP contribution in [0.1, 0.15) is 18.9 Å². The highest BCUT2D eigenvalue weighted by Gasteiger charge is 2.19. The number of nitriles is 1. The predicted molar refractivity (Wildman–Crippen MR) is 165 cm³/mol. The fourth-order valence-electron chi connectivity index (χ4n) is 4.52. The molecule has 0 fully saturated rings. The Hall–Kier alpha value is -4.95. The number of hydrogen-bond donors (Lipinski definition) is 2. The number of aryl methyl sites for hydroxylation is 1. The second-order valence-corrected chi connectivity index (χ2v) is 10.1. The van der Waals surface area contributed by atoms with Crippen molar-refractivity contribution in [1.29, 1.82) is 5.26 Å². The summed E-state index contributed by atoms with van der Waals surface area (Å²) in [5, 5.41) is 16.6. The van der Waals surface area contributed by atoms with E-state index < -0.39 is 0 Å². The van der Waals surface area contributed by atoms with Crippen LogP contribution >= 0.6 is 0 Å². The van der Waals surface area contributed by atoms with Gasteiger partial charge in [0.05, 0.1) is 41.6 Å². The zero-order valence-electron chi connectivity index (χ0n) is 24.7. The molecule has 0 aliphatic rings. The number of aromatic nitrogens is 3. The maximum atomic E-state index is 14.2. The molecule has 42 heavy (non-hydrogen) atoms. The Balaban J connectivity index is 1.78. The number of carbonyl (C=O) groups is 1. The van der Waals surface area contributed by atoms with Crippen LogP contribution in [0.3, 0.4) is 0 Å². The summed E-state index contributed by atoms with van der Waals surface area (Å²) in [6.07, 6.45) is 7.27. The number of nitrogens with zero attached hydrogens (tertiary/aromatic N) is 6. The van der Waals surface area contributed by atoms with E-state index in [4.69, 9.17) is 4.74 Å². The molecule has 0 unspecified atom stereocenters. The summed E-state index contributed by atoms with van der Waals surface area (Å²) in [5.41, 5.74) is 3.88. The van der Waals surface area contributed by atoms with E-state index in [1.807, 2.05) is 56.8 Å². The van der Waals surface area contributed by atoms with Crippen LogP contribution in [0.4, 0.5) is 27.4 Å². The molecule has 0 saturated carbocycles. The Morgan fingerprint density at radius 2 is 1.98 bits per heavy atom. The standard InChI is InChI=1S/C31H35FN8O2/c1-7-8-9-29(41)35-24-15-25(28(42-6)16-27(24)39(4)13-12-38(2)3)36-31-34-18-20(17-33)30(37-31)23-19-40(5)26-11-10-21(32)14-22(23)26/h8-11,14-16,18-19H,7,12-13H2,1-6H3,(H,35,41)(H,34,36,37)/b9-8-. The van der Waals surface area contributed by atoms with Crippen molar-refractivity contribution in [1.82, 2.24) is 19.4 Å². The van der Waals surface area contributed by atoms with Crippen molar-refractivity contribution in [2.75, 3.05) is 56.9 Å². The number of ether oxygens (including phenoxy) is 1. The molecule has 2 aromatic carbocycles. The van der Waals surface area contributed by atoms with Gasteiger partial charge in [-0.05, 0) is 50.9 Å². The summed E-state index contributed by atoms with van der Waals surface area (Å²) in [5.74, 6) is 0.0676. The van der Waals surface area contributed by atoms with E-state index >= 15 is 0 Å². The van der Waals surface area contributed by atoms with Crippen molar-refractivity contribution in [3.8, 4) is 23.1 Å². The number of fused-ring (bicyclic) bond motifs is 1. The SMILES string of the molecule is CC/C=C\C(=O)Nc1cc(Nc2ncc(C#N)c(-c3cn(C)c4ccc(F)cc34)n2)c(OC)cc1N(C)CCN(C)C. The van der Waals surface area contributed by atoms with E-state index in [1.165, 1.54) is 24.4 Å². The minimum atomic E-state index is -0.385. The lowest BCUT2D eigenvalue weighted by molar-refractivity contribution is -0.111. The van der Waals surface area contributed by atoms with Crippen molar-refractivity contribution < 1.29 is 13.9 Å². The van der Waals surface area contributed by atoms with Gasteiger partial charge in [-0.25, -0.2) is 14.4 Å². The van der Waals surface area contributed by atoms with E-state index in [0.29, 0.717) is 40.3 Å². The number of halogens is 1. The largest absolute Gasteiger partial charge is 0.494 e. The normalized spacial score (nSPS) is 11.2. The molecule has 4 aromatic rings. The summed E-state index contributed by atoms with van der Waals surface area (Å²) >= 11 is 0. The highest BCUT2D eigenvalue weighted by Crippen LogP contribution is 2.38. The molecule has 2 aromatic heterocycles. The van der Waals surface area contributed by atoms with Gasteiger partial charge in [-0.1, -0.05) is 13.0 Å². The van der Waals surface area contributed by atoms with Gasteiger partial charge >= 0.3 is 0 Å². The lowest BCUT2D eigenvalue weighted by Gasteiger charge is -2.26. The van der Waals surface area contributed by atoms with Crippen LogP contribution < -0.4 is 20.3 Å². The smallest absolute Gasteiger partial charge is 0.248 e. The predicted octanol–water partition coefficient (Wildman–Crippen LogP) is 5.30. The lowest BCUT2D eigenvalue weighted by Crippen LogP contribution is -2.29. The average Bonchev–Trinajstić information content (AvgIpc) is 3.29. The van der Waals surface area contributed by atoms with Crippen LogP contribution in [0.2, 0.25) is 0 Å². The van der Waals surface area contributed by atoms with E-state index in [1.54, 1.807) is 25.3 Å². The maximum absolute atomic E-state index is 14.2. The zero-order chi connectivity index (χ0) is 30.4. The number of rotatable bonds is 11. The summed E-state index contributed by atoms with van der Waals surface area (Å²) in [6.45, 7) is 3.48. The first kappa shape index (κ1) is 30.0. The van der Waals surface area contributed by atoms with Crippen molar-refractivity contribution in [2.24, 2.45) is 7.05 Å². The third kappa shape index (κ3) is 6.67. The molecule has 0 bridgehead atoms. The summed E-state index contributed by atoms with van der Waals surface area (Å²) in [4.78, 5) is 25.8. The van der Waals surface area contributed by atoms with Gasteiger partial charge in [0.25, 0.3) is 0 Å². The molecule has 2 heterocycles. The molecule has 0 aliphatic heterocycles. The molecule has 10 nitrogen and oxygen atoms in total. The van der Waals surface area contributed by atoms with E-state index in [0.717, 1.165) is 24.2 Å². The number of hydrogen-bond acceptors (Lipinski definition) is 8. The van der Waals surface area contributed by atoms with E-state index in [2.05, 4.69) is 31.6 Å². The molecular formula is C31H35FN8O2. The molecule has 0 atom stereocenters. The number of likely N-dealkylation sites (N-methyl/N-ethyl adjacent to an activating group) is 2. The van der Waals surface area contributed by atoms with Crippen LogP contribution in [0.25, 0.3) is 22.2 Å². The first-order valence-corrected chi connectivity index (χ1v) is 13.5. The van der Waals surface area contributed by atoms with Gasteiger partial charge in [0.1, 0.15) is 17.6 Å². The Labute approximate surface area is 245 Å². The molecule has 2 N–H and O–H groups in total. The Morgan fingerprint density at radius 3 is 2.67 bits per heavy atom. The van der Waals surface area contributed by atoms with Crippen LogP contribution in [0.5, 0.6) is 5.75 Å². The third-order valence-electron chi connectivity index (χ3n) is 6.74. The molecule has 0 spiro atoms. The van der Waals surface area contributed by atoms with Gasteiger partial charge in [-0.2, -0.15) is 5.26 Å². The topological polar surface area (TPSA) is 111 Å². The first-order valence-electron chi connectivity index (χ1n) is 13.5. The molecule has 4 rings (SSSR count). The second kappa shape index (κ2) is 13.1. The molecule has 0 saturated heterocycles. The van der Waals surface area contributed by atoms with E-state index in [9.17, 15) is 14.4 Å². The highest BCUT2D eigenvalue weighted by molar-refractivity contribution is 6.02. The minimum Gasteiger partial charge on any atom is -0.494 e. The highest BCUT2D eigenvalue weighted by atomic mass is 19.1. The maximum Gasteiger partial charge on any atom is 0.248 e. The molecule has 0 radical (unpaired) electrons. The average molecular weight is 571 g/mol. The van der Waals surface area contributed by atoms with Gasteiger partial charge in [0.2, 0.25) is 11.9 Å². The number of nitrogens with one attached hydrogen (secondary N) is 2. The van der Waals surface area contributed by atoms with Crippen LogP contribution in [-0.4, -0.2) is 66.7 Å². The molecule has 11 heteroatoms. The van der Waals surface area contributed by atoms with Crippen molar-refractivity contribution in [3.63, 3.8) is 0 Å². The van der Waals surface area contributed by atoms with Crippen molar-refractivity contribution in [3.05, 3.63) is 66.3 Å². The van der Waals surface area contributed by atoms with Gasteiger partial charge in [-0.3, -0.25) is 4.79 Å². The fourth-order valence-corrected chi connectivity index (χ4v) is 4.52. The Kier molecular flexibility index (Phi) is 9.39. The van der Waals surface area contributed by atoms with E-state index in [-0.39, 0.29) is 23.2 Å². The van der Waals surface area contributed by atoms with Crippen molar-refractivity contribution >= 4 is 39.8 Å². The minimum absolute atomic E-state index is 0.201. The van der Waals surface area contributed by atoms with Crippen LogP contribution in [-0.2, 0) is 11.8 Å². The number of carbonyl (C=O) groups excluding carboxylic acids is 1. The number of amides is 1. The fraction of sp³-hybridized carbons (Fsp3) is 0.290. The second-order valence-electron chi connectivity index (χ2n) is 10.1. The quantitative estimate of drug-likeness (QED) is 0.234. The van der Waals surface area contributed by atoms with Crippen molar-refractivity contribution in [2.45, 2.75) is 13.3 Å². The van der Waals surface area contributed by atoms with Crippen LogP contribution in [0.15, 0.2) is 54.9 Å². The number of allylic oxidation sites excluding steroid dienone is 1. The van der Waals surface area contributed by atoms with Gasteiger partial charge < -0.3 is 29.7 Å². The third-order valence-corrected chi connectivity index (χ3v) is 6.74. The Bertz CT molecular complexity index is 1670. The summed E-state index contributed by atoms with van der Waals surface area (Å²) in [7, 11) is 9.36. The molecule has 218 valence electrons. The van der Waals surface area contributed by atoms with Gasteiger partial charge in [0.15, 0.2) is 0 Å². The van der Waals surface area contributed by atoms with Gasteiger partial charge in [0, 0.05) is 55.9 Å². The number of methoxy groups -OCH3 is 1. The monoisotopic (exact) mass is 570 g/mol. The molecular weight excluding hydrogens is 535 g/mol. The first-order chi connectivity index (χ1) is 20.1.